The minimum atomic E-state index is 0.194. The van der Waals surface area contributed by atoms with E-state index < -0.39 is 0 Å². The van der Waals surface area contributed by atoms with Crippen molar-refractivity contribution in [1.29, 1.82) is 0 Å². The highest BCUT2D eigenvalue weighted by Gasteiger charge is 2.05. The summed E-state index contributed by atoms with van der Waals surface area (Å²) < 4.78 is 5.31. The highest BCUT2D eigenvalue weighted by Crippen LogP contribution is 2.09. The average Bonchev–Trinajstić information content (AvgIpc) is 2.25. The van der Waals surface area contributed by atoms with E-state index in [4.69, 9.17) is 10.6 Å². The maximum Gasteiger partial charge on any atom is 0.239 e. The van der Waals surface area contributed by atoms with Gasteiger partial charge in [0.05, 0.1) is 6.61 Å². The van der Waals surface area contributed by atoms with Gasteiger partial charge in [0.15, 0.2) is 0 Å². The van der Waals surface area contributed by atoms with Gasteiger partial charge in [0.25, 0.3) is 0 Å². The van der Waals surface area contributed by atoms with Crippen LogP contribution in [0, 0.1) is 6.92 Å². The standard InChI is InChI=1S/C10H19N5O/c1-4-16-6-8(3)12-9-5-7(2)13-10(14-9)15-11/h5,8H,4,6,11H2,1-3H3,(H2,12,13,14,15). The summed E-state index contributed by atoms with van der Waals surface area (Å²) in [5, 5.41) is 3.22. The molecule has 1 aromatic rings. The molecule has 0 spiro atoms. The van der Waals surface area contributed by atoms with Gasteiger partial charge in [-0.25, -0.2) is 10.8 Å². The van der Waals surface area contributed by atoms with Gasteiger partial charge in [0.2, 0.25) is 5.95 Å². The molecule has 4 N–H and O–H groups in total. The number of nitrogen functional groups attached to an aromatic ring is 1. The summed E-state index contributed by atoms with van der Waals surface area (Å²) in [6.45, 7) is 7.25. The molecule has 0 bridgehead atoms. The summed E-state index contributed by atoms with van der Waals surface area (Å²) in [6, 6.07) is 2.06. The lowest BCUT2D eigenvalue weighted by Crippen LogP contribution is -2.23. The molecule has 1 atom stereocenters. The fraction of sp³-hybridized carbons (Fsp3) is 0.600. The molecule has 0 saturated carbocycles. The van der Waals surface area contributed by atoms with E-state index in [1.807, 2.05) is 26.8 Å². The molecule has 0 aliphatic heterocycles. The number of anilines is 2. The van der Waals surface area contributed by atoms with E-state index in [9.17, 15) is 0 Å². The summed E-state index contributed by atoms with van der Waals surface area (Å²) >= 11 is 0. The molecular weight excluding hydrogens is 206 g/mol. The van der Waals surface area contributed by atoms with Crippen molar-refractivity contribution in [2.45, 2.75) is 26.8 Å². The molecular formula is C10H19N5O. The molecule has 90 valence electrons. The molecule has 0 aliphatic rings. The number of hydrogen-bond donors (Lipinski definition) is 3. The first kappa shape index (κ1) is 12.7. The van der Waals surface area contributed by atoms with Crippen LogP contribution in [0.2, 0.25) is 0 Å². The minimum Gasteiger partial charge on any atom is -0.380 e. The predicted molar refractivity (Wildman–Crippen MR) is 64.2 cm³/mol. The Kier molecular flexibility index (Phi) is 4.94. The molecule has 0 saturated heterocycles. The lowest BCUT2D eigenvalue weighted by molar-refractivity contribution is 0.141. The monoisotopic (exact) mass is 225 g/mol. The van der Waals surface area contributed by atoms with E-state index in [0.717, 1.165) is 11.5 Å². The van der Waals surface area contributed by atoms with Crippen molar-refractivity contribution in [2.24, 2.45) is 5.84 Å². The number of nitrogens with zero attached hydrogens (tertiary/aromatic N) is 2. The van der Waals surface area contributed by atoms with Gasteiger partial charge in [-0.2, -0.15) is 4.98 Å². The summed E-state index contributed by atoms with van der Waals surface area (Å²) in [5.74, 6) is 6.42. The lowest BCUT2D eigenvalue weighted by Gasteiger charge is -2.14. The number of ether oxygens (including phenoxy) is 1. The Morgan fingerprint density at radius 2 is 2.25 bits per heavy atom. The number of hydrogen-bond acceptors (Lipinski definition) is 6. The van der Waals surface area contributed by atoms with Gasteiger partial charge in [-0.3, -0.25) is 5.43 Å². The number of aryl methyl sites for hydroxylation is 1. The summed E-state index contributed by atoms with van der Waals surface area (Å²) in [7, 11) is 0. The number of aromatic nitrogens is 2. The Morgan fingerprint density at radius 3 is 2.88 bits per heavy atom. The molecule has 1 heterocycles. The topological polar surface area (TPSA) is 85.1 Å². The van der Waals surface area contributed by atoms with Gasteiger partial charge in [-0.05, 0) is 20.8 Å². The third kappa shape index (κ3) is 4.00. The van der Waals surface area contributed by atoms with Crippen molar-refractivity contribution in [3.63, 3.8) is 0 Å². The Labute approximate surface area is 95.6 Å². The van der Waals surface area contributed by atoms with Crippen LogP contribution in [-0.2, 0) is 4.74 Å². The second-order valence-corrected chi connectivity index (χ2v) is 3.57. The largest absolute Gasteiger partial charge is 0.380 e. The Bertz CT molecular complexity index is 331. The van der Waals surface area contributed by atoms with Crippen LogP contribution in [0.25, 0.3) is 0 Å². The zero-order valence-corrected chi connectivity index (χ0v) is 9.95. The van der Waals surface area contributed by atoms with Crippen molar-refractivity contribution in [3.8, 4) is 0 Å². The van der Waals surface area contributed by atoms with Crippen molar-refractivity contribution < 1.29 is 4.74 Å². The number of rotatable bonds is 6. The van der Waals surface area contributed by atoms with Gasteiger partial charge in [0, 0.05) is 24.4 Å². The molecule has 0 aromatic carbocycles. The van der Waals surface area contributed by atoms with E-state index in [1.165, 1.54) is 0 Å². The van der Waals surface area contributed by atoms with Gasteiger partial charge in [0.1, 0.15) is 5.82 Å². The number of hydrazine groups is 1. The van der Waals surface area contributed by atoms with Gasteiger partial charge in [-0.15, -0.1) is 0 Å². The minimum absolute atomic E-state index is 0.194. The van der Waals surface area contributed by atoms with E-state index in [0.29, 0.717) is 19.2 Å². The van der Waals surface area contributed by atoms with Gasteiger partial charge in [-0.1, -0.05) is 0 Å². The zero-order valence-electron chi connectivity index (χ0n) is 9.95. The summed E-state index contributed by atoms with van der Waals surface area (Å²) in [6.07, 6.45) is 0. The Hall–Kier alpha value is -1.40. The quantitative estimate of drug-likeness (QED) is 0.493. The van der Waals surface area contributed by atoms with Crippen molar-refractivity contribution in [1.82, 2.24) is 9.97 Å². The molecule has 6 nitrogen and oxygen atoms in total. The number of nitrogens with two attached hydrogens (primary N) is 1. The van der Waals surface area contributed by atoms with Gasteiger partial charge >= 0.3 is 0 Å². The van der Waals surface area contributed by atoms with Crippen molar-refractivity contribution >= 4 is 11.8 Å². The molecule has 0 fully saturated rings. The van der Waals surface area contributed by atoms with E-state index >= 15 is 0 Å². The third-order valence-electron chi connectivity index (χ3n) is 1.95. The molecule has 1 unspecified atom stereocenters. The Morgan fingerprint density at radius 1 is 1.50 bits per heavy atom. The lowest BCUT2D eigenvalue weighted by atomic mass is 10.3. The Balaban J connectivity index is 2.61. The molecule has 16 heavy (non-hydrogen) atoms. The van der Waals surface area contributed by atoms with Crippen LogP contribution < -0.4 is 16.6 Å². The fourth-order valence-corrected chi connectivity index (χ4v) is 1.30. The van der Waals surface area contributed by atoms with Gasteiger partial charge < -0.3 is 10.1 Å². The highest BCUT2D eigenvalue weighted by atomic mass is 16.5. The number of nitrogens with one attached hydrogen (secondary N) is 2. The van der Waals surface area contributed by atoms with Crippen LogP contribution in [-0.4, -0.2) is 29.2 Å². The second kappa shape index (κ2) is 6.24. The average molecular weight is 225 g/mol. The normalized spacial score (nSPS) is 12.2. The first-order valence-corrected chi connectivity index (χ1v) is 5.32. The SMILES string of the molecule is CCOCC(C)Nc1cc(C)nc(NN)n1. The second-order valence-electron chi connectivity index (χ2n) is 3.57. The third-order valence-corrected chi connectivity index (χ3v) is 1.95. The first-order chi connectivity index (χ1) is 7.65. The van der Waals surface area contributed by atoms with E-state index in [1.54, 1.807) is 0 Å². The molecule has 0 amide bonds. The van der Waals surface area contributed by atoms with Crippen LogP contribution in [0.5, 0.6) is 0 Å². The molecule has 0 radical (unpaired) electrons. The summed E-state index contributed by atoms with van der Waals surface area (Å²) in [4.78, 5) is 8.29. The van der Waals surface area contributed by atoms with Crippen LogP contribution in [0.4, 0.5) is 11.8 Å². The van der Waals surface area contributed by atoms with Crippen LogP contribution in [0.1, 0.15) is 19.5 Å². The van der Waals surface area contributed by atoms with Crippen molar-refractivity contribution in [2.75, 3.05) is 24.0 Å². The summed E-state index contributed by atoms with van der Waals surface area (Å²) in [5.41, 5.74) is 3.29. The van der Waals surface area contributed by atoms with Crippen LogP contribution in [0.15, 0.2) is 6.07 Å². The van der Waals surface area contributed by atoms with Crippen LogP contribution >= 0.6 is 0 Å². The predicted octanol–water partition coefficient (Wildman–Crippen LogP) is 0.908. The maximum absolute atomic E-state index is 5.31. The van der Waals surface area contributed by atoms with E-state index in [2.05, 4.69) is 20.7 Å². The maximum atomic E-state index is 5.31. The van der Waals surface area contributed by atoms with Crippen LogP contribution in [0.3, 0.4) is 0 Å². The first-order valence-electron chi connectivity index (χ1n) is 5.32. The molecule has 6 heteroatoms. The molecule has 1 rings (SSSR count). The fourth-order valence-electron chi connectivity index (χ4n) is 1.30. The molecule has 0 aliphatic carbocycles. The van der Waals surface area contributed by atoms with E-state index in [-0.39, 0.29) is 6.04 Å². The molecule has 1 aromatic heterocycles. The highest BCUT2D eigenvalue weighted by molar-refractivity contribution is 5.42. The van der Waals surface area contributed by atoms with Crippen molar-refractivity contribution in [3.05, 3.63) is 11.8 Å². The smallest absolute Gasteiger partial charge is 0.239 e. The zero-order chi connectivity index (χ0) is 12.0.